The normalized spacial score (nSPS) is 10.9. The summed E-state index contributed by atoms with van der Waals surface area (Å²) < 4.78 is 36.1. The van der Waals surface area contributed by atoms with Crippen molar-refractivity contribution in [3.05, 3.63) is 68.6 Å². The second-order valence-electron chi connectivity index (χ2n) is 6.92. The van der Waals surface area contributed by atoms with Crippen molar-refractivity contribution in [2.45, 2.75) is 20.4 Å². The maximum absolute atomic E-state index is 13.4. The number of nitrogens with zero attached hydrogens (tertiary/aromatic N) is 3. The van der Waals surface area contributed by atoms with Gasteiger partial charge in [-0.1, -0.05) is 16.1 Å². The first-order valence-corrected chi connectivity index (χ1v) is 10.6. The predicted molar refractivity (Wildman–Crippen MR) is 116 cm³/mol. The molecule has 4 rings (SSSR count). The summed E-state index contributed by atoms with van der Waals surface area (Å²) in [6.07, 6.45) is 0. The molecule has 4 aromatic rings. The van der Waals surface area contributed by atoms with Gasteiger partial charge in [-0.05, 0) is 43.6 Å². The minimum Gasteiger partial charge on any atom is -0.466 e. The van der Waals surface area contributed by atoms with Gasteiger partial charge in [0, 0.05) is 11.6 Å². The molecule has 2 amide bonds. The average Bonchev–Trinajstić information content (AvgIpc) is 3.48. The Morgan fingerprint density at radius 3 is 2.64 bits per heavy atom. The molecule has 3 aromatic heterocycles. The predicted octanol–water partition coefficient (Wildman–Crippen LogP) is 4.25. The van der Waals surface area contributed by atoms with Crippen molar-refractivity contribution in [3.63, 3.8) is 0 Å². The zero-order chi connectivity index (χ0) is 23.7. The number of H-pyrrole nitrogens is 1. The van der Waals surface area contributed by atoms with Gasteiger partial charge in [0.2, 0.25) is 0 Å². The highest BCUT2D eigenvalue weighted by Gasteiger charge is 2.19. The standard InChI is InChI=1S/C20H15ClF2N6O3S/c1-8-3-10(9(2)32-8)18-16(33-29-28-18)7-24-20(31)15-6-17(27-26-15)25-19(30)11-4-13(22)14(23)5-12(11)21/h3-6H,7H2,1-2H3,(H,24,31)(H2,25,26,27,30). The molecule has 0 saturated carbocycles. The van der Waals surface area contributed by atoms with E-state index in [1.165, 1.54) is 6.07 Å². The third kappa shape index (κ3) is 4.76. The highest BCUT2D eigenvalue weighted by molar-refractivity contribution is 7.06. The molecule has 170 valence electrons. The Hall–Kier alpha value is -3.64. The summed E-state index contributed by atoms with van der Waals surface area (Å²) >= 11 is 6.95. The third-order valence-electron chi connectivity index (χ3n) is 4.58. The second kappa shape index (κ2) is 9.08. The summed E-state index contributed by atoms with van der Waals surface area (Å²) in [6, 6.07) is 4.51. The zero-order valence-corrected chi connectivity index (χ0v) is 18.7. The molecule has 3 heterocycles. The van der Waals surface area contributed by atoms with Gasteiger partial charge in [-0.2, -0.15) is 5.10 Å². The molecule has 0 spiro atoms. The van der Waals surface area contributed by atoms with Gasteiger partial charge < -0.3 is 15.1 Å². The number of halogens is 3. The number of furan rings is 1. The van der Waals surface area contributed by atoms with E-state index in [4.69, 9.17) is 16.0 Å². The molecule has 0 radical (unpaired) electrons. The number of carbonyl (C=O) groups excluding carboxylic acids is 2. The van der Waals surface area contributed by atoms with Crippen LogP contribution in [0.5, 0.6) is 0 Å². The van der Waals surface area contributed by atoms with Gasteiger partial charge >= 0.3 is 0 Å². The number of hydrogen-bond acceptors (Lipinski definition) is 7. The molecule has 3 N–H and O–H groups in total. The lowest BCUT2D eigenvalue weighted by molar-refractivity contribution is 0.0945. The molecular weight excluding hydrogens is 478 g/mol. The molecule has 0 aliphatic carbocycles. The topological polar surface area (TPSA) is 126 Å². The lowest BCUT2D eigenvalue weighted by atomic mass is 10.1. The Morgan fingerprint density at radius 2 is 1.91 bits per heavy atom. The number of anilines is 1. The third-order valence-corrected chi connectivity index (χ3v) is 5.61. The smallest absolute Gasteiger partial charge is 0.269 e. The number of hydrogen-bond donors (Lipinski definition) is 3. The van der Waals surface area contributed by atoms with Gasteiger partial charge in [0.05, 0.1) is 22.0 Å². The van der Waals surface area contributed by atoms with Crippen LogP contribution < -0.4 is 10.6 Å². The summed E-state index contributed by atoms with van der Waals surface area (Å²) in [4.78, 5) is 25.5. The number of aryl methyl sites for hydroxylation is 2. The lowest BCUT2D eigenvalue weighted by Gasteiger charge is -2.05. The number of amides is 2. The van der Waals surface area contributed by atoms with Gasteiger partial charge in [-0.25, -0.2) is 8.78 Å². The van der Waals surface area contributed by atoms with E-state index in [-0.39, 0.29) is 28.6 Å². The van der Waals surface area contributed by atoms with Crippen LogP contribution in [0.25, 0.3) is 11.3 Å². The van der Waals surface area contributed by atoms with Crippen molar-refractivity contribution in [2.75, 3.05) is 5.32 Å². The Morgan fingerprint density at radius 1 is 1.15 bits per heavy atom. The highest BCUT2D eigenvalue weighted by Crippen LogP contribution is 2.29. The van der Waals surface area contributed by atoms with E-state index in [9.17, 15) is 18.4 Å². The van der Waals surface area contributed by atoms with E-state index >= 15 is 0 Å². The summed E-state index contributed by atoms with van der Waals surface area (Å²) in [7, 11) is 0. The Bertz CT molecular complexity index is 1370. The van der Waals surface area contributed by atoms with Crippen molar-refractivity contribution < 1.29 is 22.8 Å². The first-order valence-electron chi connectivity index (χ1n) is 9.41. The summed E-state index contributed by atoms with van der Waals surface area (Å²) in [5.41, 5.74) is 1.21. The maximum Gasteiger partial charge on any atom is 0.269 e. The Labute approximate surface area is 194 Å². The van der Waals surface area contributed by atoms with Crippen LogP contribution in [0.1, 0.15) is 37.2 Å². The van der Waals surface area contributed by atoms with Crippen molar-refractivity contribution in [1.82, 2.24) is 25.1 Å². The first kappa shape index (κ1) is 22.6. The minimum atomic E-state index is -1.22. The van der Waals surface area contributed by atoms with Crippen LogP contribution >= 0.6 is 23.1 Å². The van der Waals surface area contributed by atoms with Crippen molar-refractivity contribution >= 4 is 40.8 Å². The quantitative estimate of drug-likeness (QED) is 0.345. The van der Waals surface area contributed by atoms with Crippen LogP contribution in [-0.4, -0.2) is 31.6 Å². The van der Waals surface area contributed by atoms with Crippen LogP contribution in [0.4, 0.5) is 14.6 Å². The Balaban J connectivity index is 1.41. The molecular formula is C20H15ClF2N6O3S. The van der Waals surface area contributed by atoms with E-state index in [0.717, 1.165) is 27.7 Å². The number of rotatable bonds is 6. The molecule has 0 aliphatic rings. The number of aromatic amines is 1. The number of nitrogens with one attached hydrogen (secondary N) is 3. The van der Waals surface area contributed by atoms with Crippen molar-refractivity contribution in [3.8, 4) is 11.3 Å². The van der Waals surface area contributed by atoms with E-state index in [0.29, 0.717) is 23.6 Å². The zero-order valence-electron chi connectivity index (χ0n) is 17.1. The monoisotopic (exact) mass is 492 g/mol. The fraction of sp³-hybridized carbons (Fsp3) is 0.150. The fourth-order valence-corrected chi connectivity index (χ4v) is 3.86. The van der Waals surface area contributed by atoms with Crippen molar-refractivity contribution in [2.24, 2.45) is 0 Å². The number of carbonyl (C=O) groups is 2. The largest absolute Gasteiger partial charge is 0.466 e. The van der Waals surface area contributed by atoms with Gasteiger partial charge in [0.1, 0.15) is 22.9 Å². The maximum atomic E-state index is 13.4. The van der Waals surface area contributed by atoms with Crippen LogP contribution in [0.3, 0.4) is 0 Å². The molecule has 0 fully saturated rings. The second-order valence-corrected chi connectivity index (χ2v) is 8.17. The highest BCUT2D eigenvalue weighted by atomic mass is 35.5. The Kier molecular flexibility index (Phi) is 6.20. The van der Waals surface area contributed by atoms with E-state index < -0.39 is 23.4 Å². The van der Waals surface area contributed by atoms with E-state index in [1.54, 1.807) is 0 Å². The number of aromatic nitrogens is 4. The first-order chi connectivity index (χ1) is 15.7. The van der Waals surface area contributed by atoms with E-state index in [2.05, 4.69) is 30.4 Å². The van der Waals surface area contributed by atoms with Gasteiger partial charge in [-0.15, -0.1) is 5.10 Å². The minimum absolute atomic E-state index is 0.00408. The SMILES string of the molecule is Cc1cc(-c2nnsc2CNC(=O)c2cc(NC(=O)c3cc(F)c(F)cc3Cl)n[nH]2)c(C)o1. The van der Waals surface area contributed by atoms with Crippen LogP contribution in [0, 0.1) is 25.5 Å². The fourth-order valence-electron chi connectivity index (χ4n) is 3.03. The van der Waals surface area contributed by atoms with Crippen molar-refractivity contribution in [1.29, 1.82) is 0 Å². The molecule has 0 aliphatic heterocycles. The molecule has 33 heavy (non-hydrogen) atoms. The molecule has 0 atom stereocenters. The molecule has 9 nitrogen and oxygen atoms in total. The van der Waals surface area contributed by atoms with Crippen LogP contribution in [-0.2, 0) is 6.54 Å². The number of benzene rings is 1. The average molecular weight is 493 g/mol. The molecule has 0 saturated heterocycles. The summed E-state index contributed by atoms with van der Waals surface area (Å²) in [6.45, 7) is 3.80. The molecule has 0 bridgehead atoms. The van der Waals surface area contributed by atoms with Gasteiger partial charge in [0.15, 0.2) is 17.5 Å². The van der Waals surface area contributed by atoms with Crippen LogP contribution in [0.15, 0.2) is 28.7 Å². The van der Waals surface area contributed by atoms with Crippen LogP contribution in [0.2, 0.25) is 5.02 Å². The van der Waals surface area contributed by atoms with E-state index in [1.807, 2.05) is 19.9 Å². The molecule has 1 aromatic carbocycles. The summed E-state index contributed by atoms with van der Waals surface area (Å²) in [5.74, 6) is -2.27. The summed E-state index contributed by atoms with van der Waals surface area (Å²) in [5, 5.41) is 15.3. The molecule has 0 unspecified atom stereocenters. The van der Waals surface area contributed by atoms with Gasteiger partial charge in [0.25, 0.3) is 11.8 Å². The lowest BCUT2D eigenvalue weighted by Crippen LogP contribution is -2.23. The molecule has 13 heteroatoms. The van der Waals surface area contributed by atoms with Gasteiger partial charge in [-0.3, -0.25) is 14.7 Å².